The molecule has 31 heavy (non-hydrogen) atoms. The average molecular weight is 464 g/mol. The molecule has 0 heterocycles. The van der Waals surface area contributed by atoms with E-state index >= 15 is 0 Å². The quantitative estimate of drug-likeness (QED) is 0.299. The van der Waals surface area contributed by atoms with Crippen LogP contribution in [0.3, 0.4) is 0 Å². The topological polar surface area (TPSA) is 55.8 Å². The van der Waals surface area contributed by atoms with E-state index in [0.717, 1.165) is 0 Å². The summed E-state index contributed by atoms with van der Waals surface area (Å²) < 4.78 is 10.3. The van der Waals surface area contributed by atoms with Gasteiger partial charge < -0.3 is 9.47 Å². The van der Waals surface area contributed by atoms with Crippen LogP contribution in [0.4, 0.5) is 5.69 Å². The lowest BCUT2D eigenvalue weighted by Gasteiger charge is -2.38. The van der Waals surface area contributed by atoms with Gasteiger partial charge >= 0.3 is 11.9 Å². The Hall–Kier alpha value is -1.97. The van der Waals surface area contributed by atoms with E-state index in [2.05, 4.69) is 53.0 Å². The molecule has 0 bridgehead atoms. The Bertz CT molecular complexity index is 875. The standard InChI is InChI=1S/C24H34ClNO4Si/c1-16(2)31(17(3)4,18(5)6)14-11-22(27)26(24(12-13-24)23(28)30-8)19-9-10-21(29-7)20(25)15-19/h9-10,15-18H,12-13H2,1-8H3. The Morgan fingerprint density at radius 1 is 1.06 bits per heavy atom. The van der Waals surface area contributed by atoms with Crippen molar-refractivity contribution < 1.29 is 19.1 Å². The third-order valence-electron chi connectivity index (χ3n) is 6.57. The molecule has 0 aromatic heterocycles. The van der Waals surface area contributed by atoms with Gasteiger partial charge in [-0.2, -0.15) is 0 Å². The van der Waals surface area contributed by atoms with Gasteiger partial charge in [0.05, 0.1) is 19.2 Å². The number of amides is 1. The first-order valence-electron chi connectivity index (χ1n) is 10.8. The average Bonchev–Trinajstić information content (AvgIpc) is 3.48. The zero-order valence-electron chi connectivity index (χ0n) is 19.8. The van der Waals surface area contributed by atoms with Crippen molar-refractivity contribution in [1.82, 2.24) is 0 Å². The highest BCUT2D eigenvalue weighted by Crippen LogP contribution is 2.46. The molecule has 7 heteroatoms. The number of benzene rings is 1. The molecule has 0 radical (unpaired) electrons. The minimum atomic E-state index is -2.11. The number of methoxy groups -OCH3 is 2. The van der Waals surface area contributed by atoms with Gasteiger partial charge in [0, 0.05) is 5.69 Å². The lowest BCUT2D eigenvalue weighted by atomic mass is 10.1. The number of rotatable bonds is 7. The minimum absolute atomic E-state index is 0.363. The number of ether oxygens (including phenoxy) is 2. The van der Waals surface area contributed by atoms with Crippen LogP contribution in [0.1, 0.15) is 54.4 Å². The summed E-state index contributed by atoms with van der Waals surface area (Å²) in [6.07, 6.45) is 1.05. The summed E-state index contributed by atoms with van der Waals surface area (Å²) in [7, 11) is 0.759. The molecule has 1 aliphatic rings. The lowest BCUT2D eigenvalue weighted by Crippen LogP contribution is -2.48. The molecule has 0 N–H and O–H groups in total. The zero-order valence-corrected chi connectivity index (χ0v) is 21.6. The van der Waals surface area contributed by atoms with Gasteiger partial charge in [-0.25, -0.2) is 4.79 Å². The Morgan fingerprint density at radius 3 is 2.00 bits per heavy atom. The van der Waals surface area contributed by atoms with Crippen molar-refractivity contribution in [2.24, 2.45) is 0 Å². The van der Waals surface area contributed by atoms with Crippen LogP contribution in [0.25, 0.3) is 0 Å². The summed E-state index contributed by atoms with van der Waals surface area (Å²) in [6.45, 7) is 13.2. The first kappa shape index (κ1) is 25.3. The number of esters is 1. The van der Waals surface area contributed by atoms with E-state index in [1.54, 1.807) is 18.2 Å². The summed E-state index contributed by atoms with van der Waals surface area (Å²) in [5.41, 5.74) is 4.13. The van der Waals surface area contributed by atoms with E-state index in [1.807, 2.05) is 0 Å². The number of carbonyl (C=O) groups excluding carboxylic acids is 2. The predicted octanol–water partition coefficient (Wildman–Crippen LogP) is 5.61. The van der Waals surface area contributed by atoms with Crippen LogP contribution in [0.15, 0.2) is 18.2 Å². The van der Waals surface area contributed by atoms with Crippen molar-refractivity contribution in [2.75, 3.05) is 19.1 Å². The number of anilines is 1. The third-order valence-corrected chi connectivity index (χ3v) is 13.2. The summed E-state index contributed by atoms with van der Waals surface area (Å²) in [5.74, 6) is 2.62. The SMILES string of the molecule is COC(=O)C1(N(C(=O)C#C[Si](C(C)C)(C(C)C)C(C)C)c2ccc(OC)c(Cl)c2)CC1. The van der Waals surface area contributed by atoms with Crippen molar-refractivity contribution >= 4 is 37.2 Å². The van der Waals surface area contributed by atoms with Gasteiger partial charge in [-0.1, -0.05) is 53.1 Å². The van der Waals surface area contributed by atoms with Gasteiger partial charge in [-0.15, -0.1) is 5.54 Å². The molecule has 0 aliphatic heterocycles. The molecule has 0 atom stereocenters. The third kappa shape index (κ3) is 4.63. The molecular weight excluding hydrogens is 430 g/mol. The van der Waals surface area contributed by atoms with E-state index in [1.165, 1.54) is 19.1 Å². The van der Waals surface area contributed by atoms with Crippen LogP contribution >= 0.6 is 11.6 Å². The number of nitrogens with zero attached hydrogens (tertiary/aromatic N) is 1. The van der Waals surface area contributed by atoms with Crippen LogP contribution in [-0.4, -0.2) is 39.7 Å². The Labute approximate surface area is 192 Å². The van der Waals surface area contributed by atoms with E-state index < -0.39 is 25.5 Å². The first-order valence-corrected chi connectivity index (χ1v) is 13.4. The lowest BCUT2D eigenvalue weighted by molar-refractivity contribution is -0.144. The fourth-order valence-corrected chi connectivity index (χ4v) is 10.3. The predicted molar refractivity (Wildman–Crippen MR) is 128 cm³/mol. The Morgan fingerprint density at radius 2 is 1.61 bits per heavy atom. The molecular formula is C24H34ClNO4Si. The van der Waals surface area contributed by atoms with E-state index in [4.69, 9.17) is 21.1 Å². The molecule has 1 aliphatic carbocycles. The summed E-state index contributed by atoms with van der Waals surface area (Å²) in [6, 6.07) is 5.06. The largest absolute Gasteiger partial charge is 0.495 e. The highest BCUT2D eigenvalue weighted by molar-refractivity contribution is 6.90. The van der Waals surface area contributed by atoms with Crippen LogP contribution in [0.5, 0.6) is 5.75 Å². The van der Waals surface area contributed by atoms with Crippen molar-refractivity contribution in [3.8, 4) is 17.2 Å². The van der Waals surface area contributed by atoms with Crippen LogP contribution in [-0.2, 0) is 14.3 Å². The molecule has 1 aromatic carbocycles. The van der Waals surface area contributed by atoms with Crippen LogP contribution < -0.4 is 9.64 Å². The van der Waals surface area contributed by atoms with Crippen molar-refractivity contribution in [2.45, 2.75) is 76.5 Å². The molecule has 2 rings (SSSR count). The normalized spacial score (nSPS) is 14.8. The second-order valence-electron chi connectivity index (χ2n) is 9.13. The minimum Gasteiger partial charge on any atom is -0.495 e. The number of halogens is 1. The maximum absolute atomic E-state index is 13.5. The van der Waals surface area contributed by atoms with Crippen molar-refractivity contribution in [3.63, 3.8) is 0 Å². The van der Waals surface area contributed by atoms with Crippen molar-refractivity contribution in [1.29, 1.82) is 0 Å². The fraction of sp³-hybridized carbons (Fsp3) is 0.583. The summed E-state index contributed by atoms with van der Waals surface area (Å²) >= 11 is 6.33. The highest BCUT2D eigenvalue weighted by atomic mass is 35.5. The summed E-state index contributed by atoms with van der Waals surface area (Å²) in [4.78, 5) is 27.6. The molecule has 1 saturated carbocycles. The molecule has 5 nitrogen and oxygen atoms in total. The van der Waals surface area contributed by atoms with Gasteiger partial charge in [0.2, 0.25) is 0 Å². The highest BCUT2D eigenvalue weighted by Gasteiger charge is 2.58. The second-order valence-corrected chi connectivity index (χ2v) is 15.1. The fourth-order valence-electron chi connectivity index (χ4n) is 4.83. The number of hydrogen-bond acceptors (Lipinski definition) is 4. The van der Waals surface area contributed by atoms with E-state index in [9.17, 15) is 9.59 Å². The zero-order chi connectivity index (χ0) is 23.6. The maximum Gasteiger partial charge on any atom is 0.332 e. The van der Waals surface area contributed by atoms with Crippen molar-refractivity contribution in [3.05, 3.63) is 23.2 Å². The smallest absolute Gasteiger partial charge is 0.332 e. The molecule has 0 saturated heterocycles. The van der Waals surface area contributed by atoms with Crippen LogP contribution in [0.2, 0.25) is 21.6 Å². The monoisotopic (exact) mass is 463 g/mol. The molecule has 0 unspecified atom stereocenters. The second kappa shape index (κ2) is 9.66. The van der Waals surface area contributed by atoms with Gasteiger partial charge in [0.1, 0.15) is 19.4 Å². The number of carbonyl (C=O) groups is 2. The van der Waals surface area contributed by atoms with Gasteiger partial charge in [0.25, 0.3) is 0 Å². The molecule has 1 fully saturated rings. The Kier molecular flexibility index (Phi) is 7.88. The Balaban J connectivity index is 2.59. The van der Waals surface area contributed by atoms with Gasteiger partial charge in [0.15, 0.2) is 0 Å². The first-order chi connectivity index (χ1) is 14.5. The molecule has 170 valence electrons. The van der Waals surface area contributed by atoms with Crippen LogP contribution in [0, 0.1) is 11.5 Å². The number of hydrogen-bond donors (Lipinski definition) is 0. The van der Waals surface area contributed by atoms with E-state index in [-0.39, 0.29) is 0 Å². The van der Waals surface area contributed by atoms with E-state index in [0.29, 0.717) is 45.9 Å². The van der Waals surface area contributed by atoms with Gasteiger partial charge in [-0.05, 0) is 53.6 Å². The van der Waals surface area contributed by atoms with Gasteiger partial charge in [-0.3, -0.25) is 9.69 Å². The molecule has 0 spiro atoms. The maximum atomic E-state index is 13.5. The molecule has 1 amide bonds. The molecule has 1 aromatic rings. The summed E-state index contributed by atoms with van der Waals surface area (Å²) in [5, 5.41) is 0.363.